The van der Waals surface area contributed by atoms with Crippen molar-refractivity contribution < 1.29 is 4.79 Å². The second kappa shape index (κ2) is 11.8. The summed E-state index contributed by atoms with van der Waals surface area (Å²) in [4.78, 5) is 15.4. The van der Waals surface area contributed by atoms with E-state index in [1.165, 1.54) is 61.6 Å². The largest absolute Gasteiger partial charge is 0.303 e. The molecule has 0 radical (unpaired) electrons. The third-order valence-corrected chi connectivity index (χ3v) is 8.39. The van der Waals surface area contributed by atoms with Crippen molar-refractivity contribution in [2.45, 2.75) is 63.2 Å². The molecule has 3 aromatic carbocycles. The molecule has 182 valence electrons. The molecule has 1 aliphatic heterocycles. The first-order chi connectivity index (χ1) is 17.3. The van der Waals surface area contributed by atoms with Crippen LogP contribution in [0.4, 0.5) is 0 Å². The number of nitrogens with zero attached hydrogens (tertiary/aromatic N) is 1. The molecule has 0 atom stereocenters. The van der Waals surface area contributed by atoms with Gasteiger partial charge in [0.2, 0.25) is 0 Å². The van der Waals surface area contributed by atoms with Gasteiger partial charge in [0.25, 0.3) is 0 Å². The van der Waals surface area contributed by atoms with Crippen molar-refractivity contribution in [1.82, 2.24) is 4.90 Å². The van der Waals surface area contributed by atoms with Crippen molar-refractivity contribution in [2.75, 3.05) is 19.6 Å². The van der Waals surface area contributed by atoms with Gasteiger partial charge in [0.15, 0.2) is 5.78 Å². The highest BCUT2D eigenvalue weighted by Crippen LogP contribution is 2.38. The minimum Gasteiger partial charge on any atom is -0.303 e. The highest BCUT2D eigenvalue weighted by atomic mass is 16.1. The Morgan fingerprint density at radius 2 is 1.29 bits per heavy atom. The maximum Gasteiger partial charge on any atom is 0.164 e. The van der Waals surface area contributed by atoms with E-state index in [9.17, 15) is 4.79 Å². The molecule has 3 aromatic rings. The summed E-state index contributed by atoms with van der Waals surface area (Å²) in [5.74, 6) is 2.07. The summed E-state index contributed by atoms with van der Waals surface area (Å²) in [6.07, 6.45) is 9.66. The molecule has 1 heterocycles. The lowest BCUT2D eigenvalue weighted by molar-refractivity contribution is 0.0949. The van der Waals surface area contributed by atoms with Gasteiger partial charge < -0.3 is 4.90 Å². The van der Waals surface area contributed by atoms with Gasteiger partial charge >= 0.3 is 0 Å². The zero-order valence-corrected chi connectivity index (χ0v) is 20.9. The number of carbonyl (C=O) groups is 1. The van der Waals surface area contributed by atoms with Gasteiger partial charge in [0.05, 0.1) is 0 Å². The summed E-state index contributed by atoms with van der Waals surface area (Å²) in [6, 6.07) is 30.5. The van der Waals surface area contributed by atoms with Gasteiger partial charge in [-0.2, -0.15) is 0 Å². The van der Waals surface area contributed by atoms with Crippen LogP contribution in [0.25, 0.3) is 0 Å². The van der Waals surface area contributed by atoms with E-state index < -0.39 is 0 Å². The first-order valence-corrected chi connectivity index (χ1v) is 13.7. The molecule has 0 aromatic heterocycles. The molecule has 1 aliphatic carbocycles. The fraction of sp³-hybridized carbons (Fsp3) is 0.424. The number of Topliss-reactive ketones (excluding diaryl/α,β-unsaturated/α-hetero) is 1. The van der Waals surface area contributed by atoms with Crippen molar-refractivity contribution in [3.63, 3.8) is 0 Å². The van der Waals surface area contributed by atoms with Gasteiger partial charge in [-0.3, -0.25) is 4.79 Å². The fourth-order valence-electron chi connectivity index (χ4n) is 6.35. The molecule has 2 heteroatoms. The van der Waals surface area contributed by atoms with Crippen LogP contribution in [0.1, 0.15) is 90.3 Å². The van der Waals surface area contributed by atoms with Crippen molar-refractivity contribution in [2.24, 2.45) is 5.92 Å². The molecule has 0 N–H and O–H groups in total. The van der Waals surface area contributed by atoms with E-state index in [2.05, 4.69) is 89.8 Å². The van der Waals surface area contributed by atoms with E-state index in [1.54, 1.807) is 0 Å². The zero-order valence-electron chi connectivity index (χ0n) is 20.9. The lowest BCUT2D eigenvalue weighted by Gasteiger charge is -2.36. The van der Waals surface area contributed by atoms with E-state index in [4.69, 9.17) is 0 Å². The molecule has 0 bridgehead atoms. The predicted molar refractivity (Wildman–Crippen MR) is 145 cm³/mol. The van der Waals surface area contributed by atoms with E-state index in [0.717, 1.165) is 25.2 Å². The number of rotatable bonds is 8. The van der Waals surface area contributed by atoms with E-state index in [-0.39, 0.29) is 5.78 Å². The topological polar surface area (TPSA) is 20.3 Å². The Bertz CT molecular complexity index is 1010. The lowest BCUT2D eigenvalue weighted by atomic mass is 9.76. The van der Waals surface area contributed by atoms with Gasteiger partial charge in [0.1, 0.15) is 0 Å². The number of hydrogen-bond donors (Lipinski definition) is 0. The smallest absolute Gasteiger partial charge is 0.164 e. The van der Waals surface area contributed by atoms with Crippen LogP contribution < -0.4 is 0 Å². The quantitative estimate of drug-likeness (QED) is 0.316. The second-order valence-electron chi connectivity index (χ2n) is 10.6. The van der Waals surface area contributed by atoms with Crippen LogP contribution in [0.15, 0.2) is 84.9 Å². The van der Waals surface area contributed by atoms with Crippen molar-refractivity contribution >= 4 is 5.78 Å². The molecular formula is C33H39NO. The second-order valence-corrected chi connectivity index (χ2v) is 10.6. The summed E-state index contributed by atoms with van der Waals surface area (Å²) in [6.45, 7) is 3.03. The van der Waals surface area contributed by atoms with Crippen molar-refractivity contribution in [3.05, 3.63) is 107 Å². The van der Waals surface area contributed by atoms with Gasteiger partial charge in [-0.15, -0.1) is 0 Å². The number of likely N-dealkylation sites (tertiary alicyclic amines) is 1. The number of piperidine rings is 1. The Morgan fingerprint density at radius 1 is 0.714 bits per heavy atom. The molecular weight excluding hydrogens is 426 g/mol. The Morgan fingerprint density at radius 3 is 1.86 bits per heavy atom. The van der Waals surface area contributed by atoms with E-state index >= 15 is 0 Å². The molecule has 0 unspecified atom stereocenters. The van der Waals surface area contributed by atoms with Crippen LogP contribution >= 0.6 is 0 Å². The number of hydrogen-bond acceptors (Lipinski definition) is 2. The summed E-state index contributed by atoms with van der Waals surface area (Å²) >= 11 is 0. The molecule has 35 heavy (non-hydrogen) atoms. The van der Waals surface area contributed by atoms with Crippen molar-refractivity contribution in [1.29, 1.82) is 0 Å². The molecule has 0 spiro atoms. The number of ketones is 1. The van der Waals surface area contributed by atoms with Crippen LogP contribution in [-0.2, 0) is 0 Å². The van der Waals surface area contributed by atoms with Crippen LogP contribution in [-0.4, -0.2) is 30.3 Å². The maximum absolute atomic E-state index is 12.9. The summed E-state index contributed by atoms with van der Waals surface area (Å²) in [5.41, 5.74) is 5.15. The third-order valence-electron chi connectivity index (χ3n) is 8.39. The van der Waals surface area contributed by atoms with Crippen LogP contribution in [0, 0.1) is 5.92 Å². The Labute approximate surface area is 211 Å². The predicted octanol–water partition coefficient (Wildman–Crippen LogP) is 7.85. The average Bonchev–Trinajstić information content (AvgIpc) is 2.94. The standard InChI is InChI=1S/C33H39NO/c35-32(28-18-16-27(17-19-28)26-10-4-1-5-11-26)22-25-34-23-20-31(21-24-34)33(29-12-6-2-7-13-29)30-14-8-3-9-15-30/h2-3,6-9,12-19,26,31,33H,1,4-5,10-11,20-25H2. The third kappa shape index (κ3) is 6.11. The minimum atomic E-state index is 0.286. The van der Waals surface area contributed by atoms with Crippen LogP contribution in [0.2, 0.25) is 0 Å². The van der Waals surface area contributed by atoms with Crippen LogP contribution in [0.5, 0.6) is 0 Å². The van der Waals surface area contributed by atoms with Crippen LogP contribution in [0.3, 0.4) is 0 Å². The Hall–Kier alpha value is -2.71. The summed E-state index contributed by atoms with van der Waals surface area (Å²) in [7, 11) is 0. The van der Waals surface area contributed by atoms with Gasteiger partial charge in [-0.1, -0.05) is 104 Å². The first-order valence-electron chi connectivity index (χ1n) is 13.7. The molecule has 1 saturated carbocycles. The normalized spacial score (nSPS) is 18.1. The van der Waals surface area contributed by atoms with Gasteiger partial charge in [-0.05, 0) is 67.3 Å². The van der Waals surface area contributed by atoms with Gasteiger partial charge in [-0.25, -0.2) is 0 Å². The average molecular weight is 466 g/mol. The maximum atomic E-state index is 12.9. The summed E-state index contributed by atoms with van der Waals surface area (Å²) in [5, 5.41) is 0. The minimum absolute atomic E-state index is 0.286. The number of benzene rings is 3. The summed E-state index contributed by atoms with van der Waals surface area (Å²) < 4.78 is 0. The molecule has 5 rings (SSSR count). The first kappa shape index (κ1) is 24.0. The SMILES string of the molecule is O=C(CCN1CCC(C(c2ccccc2)c2ccccc2)CC1)c1ccc(C2CCCCC2)cc1. The highest BCUT2D eigenvalue weighted by molar-refractivity contribution is 5.96. The number of carbonyl (C=O) groups excluding carboxylic acids is 1. The molecule has 2 fully saturated rings. The lowest BCUT2D eigenvalue weighted by Crippen LogP contribution is -2.37. The monoisotopic (exact) mass is 465 g/mol. The molecule has 0 amide bonds. The van der Waals surface area contributed by atoms with Gasteiger partial charge in [0, 0.05) is 24.4 Å². The molecule has 2 aliphatic rings. The van der Waals surface area contributed by atoms with E-state index in [0.29, 0.717) is 24.2 Å². The van der Waals surface area contributed by atoms with E-state index in [1.807, 2.05) is 0 Å². The molecule has 1 saturated heterocycles. The Kier molecular flexibility index (Phi) is 8.10. The van der Waals surface area contributed by atoms with Crippen molar-refractivity contribution in [3.8, 4) is 0 Å². The molecule has 2 nitrogen and oxygen atoms in total. The Balaban J connectivity index is 1.14. The zero-order chi connectivity index (χ0) is 23.9. The highest BCUT2D eigenvalue weighted by Gasteiger charge is 2.29. The fourth-order valence-corrected chi connectivity index (χ4v) is 6.35.